The van der Waals surface area contributed by atoms with Crippen molar-refractivity contribution in [3.63, 3.8) is 0 Å². The van der Waals surface area contributed by atoms with Crippen LogP contribution in [0.4, 0.5) is 0 Å². The fraction of sp³-hybridized carbons (Fsp3) is 0.708. The molecule has 2 N–H and O–H groups in total. The Kier molecular flexibility index (Phi) is 9.58. The maximum atomic E-state index is 5.84. The average molecular weight is 432 g/mol. The van der Waals surface area contributed by atoms with Crippen molar-refractivity contribution in [3.05, 3.63) is 35.4 Å². The fourth-order valence-electron chi connectivity index (χ4n) is 4.33. The van der Waals surface area contributed by atoms with Gasteiger partial charge in [-0.1, -0.05) is 24.3 Å². The van der Waals surface area contributed by atoms with Crippen LogP contribution in [-0.2, 0) is 22.6 Å². The molecule has 0 bridgehead atoms. The Balaban J connectivity index is 1.48. The highest BCUT2D eigenvalue weighted by atomic mass is 16.5. The van der Waals surface area contributed by atoms with E-state index in [0.29, 0.717) is 24.8 Å². The first kappa shape index (κ1) is 24.0. The van der Waals surface area contributed by atoms with Gasteiger partial charge >= 0.3 is 0 Å². The van der Waals surface area contributed by atoms with Crippen LogP contribution in [0.1, 0.15) is 38.8 Å². The maximum absolute atomic E-state index is 5.84. The molecule has 31 heavy (non-hydrogen) atoms. The van der Waals surface area contributed by atoms with Crippen molar-refractivity contribution in [2.24, 2.45) is 4.99 Å². The van der Waals surface area contributed by atoms with Gasteiger partial charge < -0.3 is 20.1 Å². The van der Waals surface area contributed by atoms with Gasteiger partial charge in [-0.15, -0.1) is 0 Å². The number of ether oxygens (including phenoxy) is 2. The molecule has 1 aromatic rings. The quantitative estimate of drug-likeness (QED) is 0.485. The molecule has 0 radical (unpaired) electrons. The molecule has 7 heteroatoms. The summed E-state index contributed by atoms with van der Waals surface area (Å²) in [5.41, 5.74) is 2.57. The Morgan fingerprint density at radius 1 is 1.06 bits per heavy atom. The van der Waals surface area contributed by atoms with Crippen molar-refractivity contribution in [1.82, 2.24) is 20.4 Å². The molecule has 0 spiro atoms. The third kappa shape index (κ3) is 8.07. The number of hydrogen-bond acceptors (Lipinski definition) is 5. The fourth-order valence-corrected chi connectivity index (χ4v) is 4.33. The summed E-state index contributed by atoms with van der Waals surface area (Å²) in [6.07, 6.45) is 0.612. The van der Waals surface area contributed by atoms with Crippen molar-refractivity contribution < 1.29 is 9.47 Å². The highest BCUT2D eigenvalue weighted by Crippen LogP contribution is 2.15. The predicted octanol–water partition coefficient (Wildman–Crippen LogP) is 2.07. The Hall–Kier alpha value is -1.67. The summed E-state index contributed by atoms with van der Waals surface area (Å²) in [6, 6.07) is 9.32. The largest absolute Gasteiger partial charge is 0.379 e. The van der Waals surface area contributed by atoms with Crippen molar-refractivity contribution >= 4 is 5.96 Å². The van der Waals surface area contributed by atoms with Crippen LogP contribution in [0.2, 0.25) is 0 Å². The maximum Gasteiger partial charge on any atom is 0.191 e. The Morgan fingerprint density at radius 3 is 2.35 bits per heavy atom. The van der Waals surface area contributed by atoms with E-state index in [2.05, 4.69) is 72.4 Å². The van der Waals surface area contributed by atoms with E-state index in [4.69, 9.17) is 14.5 Å². The summed E-state index contributed by atoms with van der Waals surface area (Å²) in [4.78, 5) is 9.74. The Morgan fingerprint density at radius 2 is 1.71 bits per heavy atom. The lowest BCUT2D eigenvalue weighted by molar-refractivity contribution is -0.0704. The van der Waals surface area contributed by atoms with Crippen LogP contribution in [0, 0.1) is 0 Å². The summed E-state index contributed by atoms with van der Waals surface area (Å²) in [7, 11) is 0. The molecule has 2 aliphatic rings. The highest BCUT2D eigenvalue weighted by Gasteiger charge is 2.22. The lowest BCUT2D eigenvalue weighted by Crippen LogP contribution is -2.49. The van der Waals surface area contributed by atoms with Gasteiger partial charge in [-0.3, -0.25) is 9.80 Å². The van der Waals surface area contributed by atoms with Crippen LogP contribution < -0.4 is 10.6 Å². The van der Waals surface area contributed by atoms with E-state index in [-0.39, 0.29) is 0 Å². The standard InChI is InChI=1S/C24H41N5O2/c1-5-25-24(26-14-19(2)29-10-12-30-13-11-29)27-15-22-6-8-23(9-7-22)18-28-16-20(3)31-21(4)17-28/h6-9,19-21H,5,10-18H2,1-4H3,(H2,25,26,27). The summed E-state index contributed by atoms with van der Waals surface area (Å²) in [5.74, 6) is 0.878. The first-order valence-electron chi connectivity index (χ1n) is 11.8. The minimum Gasteiger partial charge on any atom is -0.379 e. The molecular formula is C24H41N5O2. The average Bonchev–Trinajstić information content (AvgIpc) is 2.76. The molecular weight excluding hydrogens is 390 g/mol. The van der Waals surface area contributed by atoms with Gasteiger partial charge in [-0.2, -0.15) is 0 Å². The second kappa shape index (κ2) is 12.4. The number of hydrogen-bond donors (Lipinski definition) is 2. The predicted molar refractivity (Wildman–Crippen MR) is 126 cm³/mol. The van der Waals surface area contributed by atoms with Gasteiger partial charge in [-0.25, -0.2) is 4.99 Å². The molecule has 3 unspecified atom stereocenters. The van der Waals surface area contributed by atoms with Crippen LogP contribution in [0.5, 0.6) is 0 Å². The van der Waals surface area contributed by atoms with E-state index < -0.39 is 0 Å². The minimum atomic E-state index is 0.306. The molecule has 0 saturated carbocycles. The van der Waals surface area contributed by atoms with Crippen LogP contribution in [-0.4, -0.2) is 86.5 Å². The molecule has 2 fully saturated rings. The molecule has 1 aromatic carbocycles. The van der Waals surface area contributed by atoms with Gasteiger partial charge in [0.25, 0.3) is 0 Å². The molecule has 2 saturated heterocycles. The van der Waals surface area contributed by atoms with Crippen molar-refractivity contribution in [2.45, 2.75) is 59.0 Å². The lowest BCUT2D eigenvalue weighted by atomic mass is 10.1. The van der Waals surface area contributed by atoms with Gasteiger partial charge in [0.05, 0.1) is 32.0 Å². The smallest absolute Gasteiger partial charge is 0.191 e. The zero-order valence-corrected chi connectivity index (χ0v) is 19.8. The van der Waals surface area contributed by atoms with E-state index in [1.807, 2.05) is 0 Å². The summed E-state index contributed by atoms with van der Waals surface area (Å²) in [5, 5.41) is 6.86. The first-order chi connectivity index (χ1) is 15.0. The van der Waals surface area contributed by atoms with Gasteiger partial charge in [0.2, 0.25) is 0 Å². The normalized spacial score (nSPS) is 24.7. The Labute approximate surface area is 188 Å². The topological polar surface area (TPSA) is 61.4 Å². The van der Waals surface area contributed by atoms with Crippen molar-refractivity contribution in [3.8, 4) is 0 Å². The van der Waals surface area contributed by atoms with Gasteiger partial charge in [0.1, 0.15) is 0 Å². The molecule has 7 nitrogen and oxygen atoms in total. The molecule has 0 aliphatic carbocycles. The molecule has 3 rings (SSSR count). The highest BCUT2D eigenvalue weighted by molar-refractivity contribution is 5.79. The second-order valence-electron chi connectivity index (χ2n) is 8.84. The minimum absolute atomic E-state index is 0.306. The summed E-state index contributed by atoms with van der Waals surface area (Å²) >= 11 is 0. The lowest BCUT2D eigenvalue weighted by Gasteiger charge is -2.35. The van der Waals surface area contributed by atoms with E-state index >= 15 is 0 Å². The van der Waals surface area contributed by atoms with E-state index in [1.54, 1.807) is 0 Å². The summed E-state index contributed by atoms with van der Waals surface area (Å²) < 4.78 is 11.3. The van der Waals surface area contributed by atoms with E-state index in [0.717, 1.165) is 65.0 Å². The molecule has 3 atom stereocenters. The molecule has 0 aromatic heterocycles. The van der Waals surface area contributed by atoms with Crippen LogP contribution in [0.3, 0.4) is 0 Å². The number of morpholine rings is 2. The van der Waals surface area contributed by atoms with Crippen molar-refractivity contribution in [1.29, 1.82) is 0 Å². The first-order valence-corrected chi connectivity index (χ1v) is 11.8. The number of nitrogens with zero attached hydrogens (tertiary/aromatic N) is 3. The molecule has 174 valence electrons. The number of benzene rings is 1. The van der Waals surface area contributed by atoms with Gasteiger partial charge in [0, 0.05) is 51.9 Å². The third-order valence-electron chi connectivity index (χ3n) is 5.92. The van der Waals surface area contributed by atoms with Crippen LogP contribution in [0.25, 0.3) is 0 Å². The number of aliphatic imine (C=N–C) groups is 1. The summed E-state index contributed by atoms with van der Waals surface area (Å²) in [6.45, 7) is 17.7. The van der Waals surface area contributed by atoms with Gasteiger partial charge in [-0.05, 0) is 38.8 Å². The number of guanidine groups is 1. The SMILES string of the molecule is CCNC(=NCc1ccc(CN2CC(C)OC(C)C2)cc1)NCC(C)N1CCOCC1. The number of rotatable bonds is 8. The monoisotopic (exact) mass is 431 g/mol. The third-order valence-corrected chi connectivity index (χ3v) is 5.92. The molecule has 2 heterocycles. The van der Waals surface area contributed by atoms with E-state index in [9.17, 15) is 0 Å². The van der Waals surface area contributed by atoms with E-state index in [1.165, 1.54) is 11.1 Å². The van der Waals surface area contributed by atoms with Gasteiger partial charge in [0.15, 0.2) is 5.96 Å². The molecule has 2 aliphatic heterocycles. The second-order valence-corrected chi connectivity index (χ2v) is 8.84. The molecule has 0 amide bonds. The van der Waals surface area contributed by atoms with Crippen LogP contribution >= 0.6 is 0 Å². The van der Waals surface area contributed by atoms with Crippen LogP contribution in [0.15, 0.2) is 29.3 Å². The van der Waals surface area contributed by atoms with Crippen molar-refractivity contribution in [2.75, 3.05) is 52.5 Å². The Bertz CT molecular complexity index is 665. The number of nitrogens with one attached hydrogen (secondary N) is 2. The zero-order valence-electron chi connectivity index (χ0n) is 19.8. The zero-order chi connectivity index (χ0) is 22.1.